The summed E-state index contributed by atoms with van der Waals surface area (Å²) in [7, 11) is 2.00. The Morgan fingerprint density at radius 2 is 2.00 bits per heavy atom. The van der Waals surface area contributed by atoms with Crippen LogP contribution in [0.5, 0.6) is 0 Å². The summed E-state index contributed by atoms with van der Waals surface area (Å²) in [5, 5.41) is 0. The molecule has 1 aromatic rings. The molecule has 2 heteroatoms. The number of hydrogen-bond acceptors (Lipinski definition) is 2. The van der Waals surface area contributed by atoms with Crippen LogP contribution in [0.1, 0.15) is 11.1 Å². The van der Waals surface area contributed by atoms with E-state index in [-0.39, 0.29) is 0 Å². The zero-order chi connectivity index (χ0) is 9.14. The molecule has 66 valence electrons. The minimum absolute atomic E-state index is 0.560. The monoisotopic (exact) mass is 164 g/mol. The predicted molar refractivity (Wildman–Crippen MR) is 53.4 cm³/mol. The van der Waals surface area contributed by atoms with Crippen molar-refractivity contribution in [3.8, 4) is 0 Å². The molecule has 2 N–H and O–H groups in total. The van der Waals surface area contributed by atoms with Crippen LogP contribution >= 0.6 is 0 Å². The van der Waals surface area contributed by atoms with Crippen LogP contribution < -0.4 is 10.6 Å². The van der Waals surface area contributed by atoms with Gasteiger partial charge in [0.05, 0.1) is 6.67 Å². The van der Waals surface area contributed by atoms with Crippen molar-refractivity contribution >= 4 is 5.69 Å². The van der Waals surface area contributed by atoms with Gasteiger partial charge in [-0.25, -0.2) is 0 Å². The third kappa shape index (κ3) is 1.77. The molecule has 0 amide bonds. The number of hydrogen-bond donors (Lipinski definition) is 1. The molecule has 0 unspecified atom stereocenters. The molecule has 0 atom stereocenters. The van der Waals surface area contributed by atoms with Gasteiger partial charge in [0.2, 0.25) is 0 Å². The highest BCUT2D eigenvalue weighted by molar-refractivity contribution is 5.54. The molecule has 0 bridgehead atoms. The lowest BCUT2D eigenvalue weighted by Crippen LogP contribution is -2.25. The van der Waals surface area contributed by atoms with Crippen LogP contribution in [0.15, 0.2) is 18.2 Å². The Hall–Kier alpha value is -1.02. The van der Waals surface area contributed by atoms with E-state index < -0.39 is 0 Å². The van der Waals surface area contributed by atoms with Gasteiger partial charge in [-0.3, -0.25) is 0 Å². The maximum Gasteiger partial charge on any atom is 0.0653 e. The second-order valence-corrected chi connectivity index (χ2v) is 3.17. The Bertz CT molecular complexity index is 269. The van der Waals surface area contributed by atoms with Gasteiger partial charge in [-0.05, 0) is 31.0 Å². The number of anilines is 1. The summed E-state index contributed by atoms with van der Waals surface area (Å²) in [6, 6.07) is 6.39. The molecule has 0 saturated heterocycles. The molecule has 0 aliphatic rings. The summed E-state index contributed by atoms with van der Waals surface area (Å²) >= 11 is 0. The van der Waals surface area contributed by atoms with Gasteiger partial charge in [0.25, 0.3) is 0 Å². The topological polar surface area (TPSA) is 29.3 Å². The molecular formula is C10H16N2. The lowest BCUT2D eigenvalue weighted by Gasteiger charge is -2.19. The fraction of sp³-hybridized carbons (Fsp3) is 0.400. The molecule has 0 saturated carbocycles. The van der Waals surface area contributed by atoms with Crippen LogP contribution in [0.25, 0.3) is 0 Å². The highest BCUT2D eigenvalue weighted by Gasteiger charge is 2.01. The molecule has 0 fully saturated rings. The van der Waals surface area contributed by atoms with Crippen LogP contribution in [0, 0.1) is 13.8 Å². The van der Waals surface area contributed by atoms with Crippen molar-refractivity contribution in [1.82, 2.24) is 0 Å². The van der Waals surface area contributed by atoms with Crippen LogP contribution in [-0.2, 0) is 0 Å². The van der Waals surface area contributed by atoms with E-state index in [4.69, 9.17) is 5.73 Å². The van der Waals surface area contributed by atoms with E-state index in [1.165, 1.54) is 16.8 Å². The molecule has 2 nitrogen and oxygen atoms in total. The average Bonchev–Trinajstić information content (AvgIpc) is 2.08. The van der Waals surface area contributed by atoms with Crippen molar-refractivity contribution < 1.29 is 0 Å². The summed E-state index contributed by atoms with van der Waals surface area (Å²) < 4.78 is 0. The van der Waals surface area contributed by atoms with Gasteiger partial charge in [-0.2, -0.15) is 0 Å². The quantitative estimate of drug-likeness (QED) is 0.673. The number of nitrogens with two attached hydrogens (primary N) is 1. The summed E-state index contributed by atoms with van der Waals surface area (Å²) in [6.07, 6.45) is 0. The molecular weight excluding hydrogens is 148 g/mol. The molecule has 0 spiro atoms. The normalized spacial score (nSPS) is 10.0. The van der Waals surface area contributed by atoms with Crippen LogP contribution in [0.3, 0.4) is 0 Å². The first kappa shape index (κ1) is 9.07. The van der Waals surface area contributed by atoms with Crippen molar-refractivity contribution in [2.24, 2.45) is 5.73 Å². The summed E-state index contributed by atoms with van der Waals surface area (Å²) in [5.41, 5.74) is 9.31. The van der Waals surface area contributed by atoms with Gasteiger partial charge in [0, 0.05) is 12.7 Å². The van der Waals surface area contributed by atoms with Gasteiger partial charge in [0.1, 0.15) is 0 Å². The first-order valence-electron chi connectivity index (χ1n) is 4.13. The van der Waals surface area contributed by atoms with Gasteiger partial charge < -0.3 is 10.6 Å². The van der Waals surface area contributed by atoms with Crippen LogP contribution in [-0.4, -0.2) is 13.7 Å². The van der Waals surface area contributed by atoms with Crippen molar-refractivity contribution in [3.63, 3.8) is 0 Å². The zero-order valence-corrected chi connectivity index (χ0v) is 7.96. The van der Waals surface area contributed by atoms with E-state index >= 15 is 0 Å². The lowest BCUT2D eigenvalue weighted by molar-refractivity contribution is 0.926. The number of nitrogens with zero attached hydrogens (tertiary/aromatic N) is 1. The highest BCUT2D eigenvalue weighted by atomic mass is 15.1. The van der Waals surface area contributed by atoms with Gasteiger partial charge >= 0.3 is 0 Å². The standard InChI is InChI=1S/C10H16N2/c1-8-4-5-9(2)10(6-8)12(3)7-11/h4-6H,7,11H2,1-3H3. The number of benzene rings is 1. The Morgan fingerprint density at radius 1 is 1.33 bits per heavy atom. The number of rotatable bonds is 2. The third-order valence-corrected chi connectivity index (χ3v) is 2.05. The fourth-order valence-electron chi connectivity index (χ4n) is 1.23. The second-order valence-electron chi connectivity index (χ2n) is 3.17. The first-order valence-corrected chi connectivity index (χ1v) is 4.13. The van der Waals surface area contributed by atoms with Gasteiger partial charge in [-0.1, -0.05) is 12.1 Å². The lowest BCUT2D eigenvalue weighted by atomic mass is 10.1. The van der Waals surface area contributed by atoms with Crippen molar-refractivity contribution in [3.05, 3.63) is 29.3 Å². The molecule has 1 rings (SSSR count). The minimum atomic E-state index is 0.560. The maximum absolute atomic E-state index is 5.55. The van der Waals surface area contributed by atoms with Crippen molar-refractivity contribution in [2.75, 3.05) is 18.6 Å². The Kier molecular flexibility index (Phi) is 2.71. The van der Waals surface area contributed by atoms with E-state index in [9.17, 15) is 0 Å². The maximum atomic E-state index is 5.55. The first-order chi connectivity index (χ1) is 5.65. The second kappa shape index (κ2) is 3.59. The zero-order valence-electron chi connectivity index (χ0n) is 7.96. The number of aryl methyl sites for hydroxylation is 2. The highest BCUT2D eigenvalue weighted by Crippen LogP contribution is 2.19. The Morgan fingerprint density at radius 3 is 2.58 bits per heavy atom. The third-order valence-electron chi connectivity index (χ3n) is 2.05. The smallest absolute Gasteiger partial charge is 0.0653 e. The SMILES string of the molecule is Cc1ccc(C)c(N(C)CN)c1. The van der Waals surface area contributed by atoms with E-state index in [0.29, 0.717) is 6.67 Å². The van der Waals surface area contributed by atoms with Crippen molar-refractivity contribution in [2.45, 2.75) is 13.8 Å². The van der Waals surface area contributed by atoms with Crippen LogP contribution in [0.4, 0.5) is 5.69 Å². The van der Waals surface area contributed by atoms with Crippen LogP contribution in [0.2, 0.25) is 0 Å². The molecule has 0 aliphatic heterocycles. The van der Waals surface area contributed by atoms with Gasteiger partial charge in [0.15, 0.2) is 0 Å². The summed E-state index contributed by atoms with van der Waals surface area (Å²) in [4.78, 5) is 2.04. The molecule has 1 aromatic carbocycles. The van der Waals surface area contributed by atoms with Crippen molar-refractivity contribution in [1.29, 1.82) is 0 Å². The minimum Gasteiger partial charge on any atom is -0.362 e. The largest absolute Gasteiger partial charge is 0.362 e. The van der Waals surface area contributed by atoms with E-state index in [1.807, 2.05) is 11.9 Å². The van der Waals surface area contributed by atoms with Gasteiger partial charge in [-0.15, -0.1) is 0 Å². The van der Waals surface area contributed by atoms with E-state index in [0.717, 1.165) is 0 Å². The molecule has 0 aliphatic carbocycles. The predicted octanol–water partition coefficient (Wildman–Crippen LogP) is 1.66. The fourth-order valence-corrected chi connectivity index (χ4v) is 1.23. The molecule has 0 radical (unpaired) electrons. The van der Waals surface area contributed by atoms with E-state index in [1.54, 1.807) is 0 Å². The summed E-state index contributed by atoms with van der Waals surface area (Å²) in [5.74, 6) is 0. The molecule has 0 aromatic heterocycles. The Labute approximate surface area is 74.0 Å². The van der Waals surface area contributed by atoms with E-state index in [2.05, 4.69) is 32.0 Å². The Balaban J connectivity index is 3.04. The average molecular weight is 164 g/mol. The molecule has 0 heterocycles. The molecule has 12 heavy (non-hydrogen) atoms. The summed E-state index contributed by atoms with van der Waals surface area (Å²) in [6.45, 7) is 4.75.